The lowest BCUT2D eigenvalue weighted by atomic mass is 9.80. The molecule has 0 aliphatic rings. The summed E-state index contributed by atoms with van der Waals surface area (Å²) in [5, 5.41) is 6.98. The second-order valence-corrected chi connectivity index (χ2v) is 22.4. The predicted octanol–water partition coefficient (Wildman–Crippen LogP) is 16.1. The van der Waals surface area contributed by atoms with Crippen molar-refractivity contribution < 1.29 is 0 Å². The Morgan fingerprint density at radius 3 is 1.33 bits per heavy atom. The molecule has 0 atom stereocenters. The highest BCUT2D eigenvalue weighted by Gasteiger charge is 2.29. The third-order valence-corrected chi connectivity index (χ3v) is 12.6. The van der Waals surface area contributed by atoms with Gasteiger partial charge in [0.2, 0.25) is 0 Å². The maximum absolute atomic E-state index is 5.36. The highest BCUT2D eigenvalue weighted by Crippen LogP contribution is 2.50. The number of benzene rings is 6. The van der Waals surface area contributed by atoms with Gasteiger partial charge in [-0.3, -0.25) is 0 Å². The number of rotatable bonds is 5. The van der Waals surface area contributed by atoms with Crippen molar-refractivity contribution in [1.82, 2.24) is 15.0 Å². The van der Waals surface area contributed by atoms with Crippen LogP contribution < -0.4 is 0 Å². The summed E-state index contributed by atoms with van der Waals surface area (Å²) in [6, 6.07) is 23.2. The minimum Gasteiger partial charge on any atom is -0.242 e. The van der Waals surface area contributed by atoms with Crippen LogP contribution in [0.5, 0.6) is 0 Å². The minimum absolute atomic E-state index is 0.0980. The van der Waals surface area contributed by atoms with Gasteiger partial charge in [0.05, 0.1) is 5.70 Å². The fourth-order valence-electron chi connectivity index (χ4n) is 9.08. The van der Waals surface area contributed by atoms with Gasteiger partial charge in [-0.15, -0.1) is 0 Å². The first-order chi connectivity index (χ1) is 29.1. The van der Waals surface area contributed by atoms with E-state index in [9.17, 15) is 0 Å². The molecule has 0 amide bonds. The van der Waals surface area contributed by atoms with Crippen molar-refractivity contribution in [2.24, 2.45) is 20.8 Å². The van der Waals surface area contributed by atoms with Crippen molar-refractivity contribution in [2.45, 2.75) is 142 Å². The molecule has 0 N–H and O–H groups in total. The van der Waals surface area contributed by atoms with E-state index in [1.807, 2.05) is 0 Å². The molecule has 7 rings (SSSR count). The molecule has 1 aromatic heterocycles. The average Bonchev–Trinajstić information content (AvgIpc) is 3.14. The highest BCUT2D eigenvalue weighted by atomic mass is 15.1. The molecule has 1 heterocycles. The Kier molecular flexibility index (Phi) is 11.3. The first kappa shape index (κ1) is 45.5. The summed E-state index contributed by atoms with van der Waals surface area (Å²) in [7, 11) is 0. The van der Waals surface area contributed by atoms with Gasteiger partial charge in [-0.25, -0.2) is 24.9 Å². The van der Waals surface area contributed by atoms with Gasteiger partial charge in [0.15, 0.2) is 5.82 Å². The van der Waals surface area contributed by atoms with Crippen LogP contribution in [0.15, 0.2) is 77.2 Å². The Labute approximate surface area is 377 Å². The lowest BCUT2D eigenvalue weighted by molar-refractivity contribution is 0.497. The Morgan fingerprint density at radius 2 is 0.905 bits per heavy atom. The second-order valence-electron chi connectivity index (χ2n) is 22.4. The molecular weight excluding hydrogens is 767 g/mol. The van der Waals surface area contributed by atoms with E-state index in [1.54, 1.807) is 0 Å². The Bertz CT molecular complexity index is 2970. The number of nitrogens with zero attached hydrogens (tertiary/aromatic N) is 5. The molecule has 63 heavy (non-hydrogen) atoms. The van der Waals surface area contributed by atoms with Crippen molar-refractivity contribution in [1.29, 1.82) is 0 Å². The monoisotopic (exact) mass is 836 g/mol. The van der Waals surface area contributed by atoms with Gasteiger partial charge in [0.1, 0.15) is 17.5 Å². The predicted molar refractivity (Wildman–Crippen MR) is 274 cm³/mol. The number of aryl methyl sites for hydroxylation is 6. The maximum Gasteiger partial charge on any atom is 0.164 e. The fraction of sp³-hybridized carbons (Fsp3) is 0.397. The highest BCUT2D eigenvalue weighted by molar-refractivity contribution is 6.32. The van der Waals surface area contributed by atoms with E-state index in [4.69, 9.17) is 31.5 Å². The minimum atomic E-state index is -0.314. The van der Waals surface area contributed by atoms with Crippen molar-refractivity contribution in [2.75, 3.05) is 0 Å². The van der Waals surface area contributed by atoms with Gasteiger partial charge in [-0.05, 0) is 143 Å². The summed E-state index contributed by atoms with van der Waals surface area (Å²) in [5.74, 6) is 3.04. The molecule has 0 spiro atoms. The number of aliphatic imine (C=N–C) groups is 2. The molecule has 6 aromatic carbocycles. The fourth-order valence-corrected chi connectivity index (χ4v) is 9.08. The van der Waals surface area contributed by atoms with Crippen LogP contribution in [0.4, 0.5) is 0 Å². The van der Waals surface area contributed by atoms with E-state index < -0.39 is 0 Å². The molecule has 0 saturated carbocycles. The first-order valence-electron chi connectivity index (χ1n) is 22.6. The van der Waals surface area contributed by atoms with E-state index in [0.717, 1.165) is 45.1 Å². The third kappa shape index (κ3) is 8.48. The average molecular weight is 836 g/mol. The van der Waals surface area contributed by atoms with E-state index in [-0.39, 0.29) is 21.7 Å². The zero-order valence-electron chi connectivity index (χ0n) is 41.7. The normalized spacial score (nSPS) is 13.6. The van der Waals surface area contributed by atoms with Gasteiger partial charge < -0.3 is 0 Å². The van der Waals surface area contributed by atoms with Crippen LogP contribution in [0.3, 0.4) is 0 Å². The van der Waals surface area contributed by atoms with Gasteiger partial charge >= 0.3 is 0 Å². The molecule has 326 valence electrons. The second kappa shape index (κ2) is 15.6. The molecular formula is C58H69N5. The van der Waals surface area contributed by atoms with E-state index in [1.165, 1.54) is 77.2 Å². The molecule has 0 unspecified atom stereocenters. The molecule has 0 bridgehead atoms. The molecule has 5 heteroatoms. The summed E-state index contributed by atoms with van der Waals surface area (Å²) in [4.78, 5) is 26.3. The van der Waals surface area contributed by atoms with Crippen molar-refractivity contribution in [3.05, 3.63) is 118 Å². The van der Waals surface area contributed by atoms with E-state index >= 15 is 0 Å². The summed E-state index contributed by atoms with van der Waals surface area (Å²) in [5.41, 5.74) is 15.1. The SMILES string of the molecule is C=C(N=C(N=C(C)C(C)(C)C)C(C)(C)C)c1ccc2c(-c3c(C)cc(C)cc3C)cc3c(-c4nc(C(C)(C)C)nc(C(C)(C)C)n4)ccc4c(-c5c(C)cc(C)cc5C)cc1c2c34. The number of hydrogen-bond donors (Lipinski definition) is 0. The van der Waals surface area contributed by atoms with Crippen molar-refractivity contribution in [3.8, 4) is 33.6 Å². The quantitative estimate of drug-likeness (QED) is 0.0985. The summed E-state index contributed by atoms with van der Waals surface area (Å²) >= 11 is 0. The molecule has 0 radical (unpaired) electrons. The van der Waals surface area contributed by atoms with Crippen molar-refractivity contribution in [3.63, 3.8) is 0 Å². The zero-order chi connectivity index (χ0) is 46.5. The van der Waals surface area contributed by atoms with Gasteiger partial charge in [0, 0.05) is 38.5 Å². The van der Waals surface area contributed by atoms with Crippen molar-refractivity contribution >= 4 is 49.6 Å². The van der Waals surface area contributed by atoms with Crippen LogP contribution in [0.2, 0.25) is 0 Å². The number of hydrogen-bond acceptors (Lipinski definition) is 4. The van der Waals surface area contributed by atoms with Crippen LogP contribution in [-0.2, 0) is 10.8 Å². The Morgan fingerprint density at radius 1 is 0.476 bits per heavy atom. The maximum atomic E-state index is 5.36. The lowest BCUT2D eigenvalue weighted by Crippen LogP contribution is -2.24. The summed E-state index contributed by atoms with van der Waals surface area (Å²) in [6.07, 6.45) is 0. The van der Waals surface area contributed by atoms with Gasteiger partial charge in [0.25, 0.3) is 0 Å². The van der Waals surface area contributed by atoms with Crippen LogP contribution in [0, 0.1) is 52.4 Å². The van der Waals surface area contributed by atoms with Crippen LogP contribution in [0.25, 0.3) is 71.7 Å². The number of amidine groups is 1. The summed E-state index contributed by atoms with van der Waals surface area (Å²) in [6.45, 7) is 46.4. The standard InChI is InChI=1S/C58H69N5/c1-31-25-33(3)47(34(4)26-31)44-29-43-39(37(7)59-52(56(12,13)14)60-38(8)55(9,10)11)21-22-40-45(48-35(5)27-32(2)28-36(48)6)30-46-42(24-23-41(44)50(46)49(40)43)51-61-53(57(15,16)17)63-54(62-51)58(18,19)20/h21-30H,7H2,1-6,8-20H3. The molecule has 0 saturated heterocycles. The van der Waals surface area contributed by atoms with Gasteiger partial charge in [-0.1, -0.05) is 143 Å². The zero-order valence-corrected chi connectivity index (χ0v) is 41.7. The van der Waals surface area contributed by atoms with Crippen LogP contribution >= 0.6 is 0 Å². The Hall–Kier alpha value is -5.55. The summed E-state index contributed by atoms with van der Waals surface area (Å²) < 4.78 is 0. The third-order valence-electron chi connectivity index (χ3n) is 12.6. The molecule has 0 aliphatic heterocycles. The van der Waals surface area contributed by atoms with Crippen LogP contribution in [-0.4, -0.2) is 26.5 Å². The lowest BCUT2D eigenvalue weighted by Gasteiger charge is -2.25. The Balaban J connectivity index is 1.73. The molecule has 0 fully saturated rings. The number of aromatic nitrogens is 3. The van der Waals surface area contributed by atoms with Crippen LogP contribution in [0.1, 0.15) is 141 Å². The van der Waals surface area contributed by atoms with Gasteiger partial charge in [-0.2, -0.15) is 0 Å². The van der Waals surface area contributed by atoms with E-state index in [2.05, 4.69) is 192 Å². The smallest absolute Gasteiger partial charge is 0.164 e. The van der Waals surface area contributed by atoms with E-state index in [0.29, 0.717) is 11.5 Å². The largest absolute Gasteiger partial charge is 0.242 e. The molecule has 7 aromatic rings. The molecule has 0 aliphatic carbocycles. The first-order valence-corrected chi connectivity index (χ1v) is 22.6. The molecule has 5 nitrogen and oxygen atoms in total. The topological polar surface area (TPSA) is 63.4 Å².